The second kappa shape index (κ2) is 6.82. The fraction of sp³-hybridized carbons (Fsp3) is 0.600. The molecule has 0 bridgehead atoms. The standard InChI is InChI=1S/C5H8O4.Mg/c6-4(7)2-1-3-5(8)9;/h1-3H2,(H,6,7)(H,8,9);. The van der Waals surface area contributed by atoms with Crippen molar-refractivity contribution in [1.82, 2.24) is 0 Å². The Morgan fingerprint density at radius 3 is 1.50 bits per heavy atom. The van der Waals surface area contributed by atoms with Crippen LogP contribution in [-0.2, 0) is 9.59 Å². The second-order valence-corrected chi connectivity index (χ2v) is 1.64. The lowest BCUT2D eigenvalue weighted by molar-refractivity contribution is -0.138. The molecule has 0 aromatic carbocycles. The summed E-state index contributed by atoms with van der Waals surface area (Å²) >= 11 is 0. The second-order valence-electron chi connectivity index (χ2n) is 1.64. The summed E-state index contributed by atoms with van der Waals surface area (Å²) in [6.45, 7) is 0. The zero-order valence-corrected chi connectivity index (χ0v) is 6.95. The van der Waals surface area contributed by atoms with E-state index in [0.29, 0.717) is 0 Å². The van der Waals surface area contributed by atoms with Gasteiger partial charge in [-0.2, -0.15) is 0 Å². The van der Waals surface area contributed by atoms with Crippen molar-refractivity contribution in [3.05, 3.63) is 0 Å². The first-order chi connectivity index (χ1) is 4.13. The maximum absolute atomic E-state index is 9.79. The Kier molecular flexibility index (Phi) is 8.45. The molecule has 10 heavy (non-hydrogen) atoms. The molecule has 0 fully saturated rings. The lowest BCUT2D eigenvalue weighted by Crippen LogP contribution is -1.98. The molecule has 0 aliphatic carbocycles. The average Bonchev–Trinajstić information content (AvgIpc) is 1.63. The highest BCUT2D eigenvalue weighted by atomic mass is 24.3. The Balaban J connectivity index is 0. The predicted molar refractivity (Wildman–Crippen MR) is 34.9 cm³/mol. The minimum Gasteiger partial charge on any atom is -0.481 e. The van der Waals surface area contributed by atoms with E-state index in [1.165, 1.54) is 0 Å². The van der Waals surface area contributed by atoms with Crippen LogP contribution in [0, 0.1) is 0 Å². The van der Waals surface area contributed by atoms with Crippen LogP contribution in [0.4, 0.5) is 0 Å². The summed E-state index contributed by atoms with van der Waals surface area (Å²) in [5.41, 5.74) is 0. The molecule has 5 heteroatoms. The molecule has 2 N–H and O–H groups in total. The number of carboxylic acid groups (broad SMARTS) is 2. The van der Waals surface area contributed by atoms with Crippen LogP contribution in [0.3, 0.4) is 0 Å². The summed E-state index contributed by atoms with van der Waals surface area (Å²) in [5, 5.41) is 16.1. The van der Waals surface area contributed by atoms with Gasteiger partial charge in [0.2, 0.25) is 0 Å². The Morgan fingerprint density at radius 1 is 1.00 bits per heavy atom. The predicted octanol–water partition coefficient (Wildman–Crippen LogP) is -0.0549. The number of rotatable bonds is 4. The van der Waals surface area contributed by atoms with Gasteiger partial charge in [0.05, 0.1) is 0 Å². The Morgan fingerprint density at radius 2 is 1.30 bits per heavy atom. The maximum atomic E-state index is 9.79. The summed E-state index contributed by atoms with van der Waals surface area (Å²) < 4.78 is 0. The molecule has 0 rings (SSSR count). The molecule has 0 unspecified atom stereocenters. The van der Waals surface area contributed by atoms with Gasteiger partial charge in [-0.1, -0.05) is 0 Å². The van der Waals surface area contributed by atoms with Crippen LogP contribution < -0.4 is 0 Å². The molecule has 4 nitrogen and oxygen atoms in total. The third-order valence-electron chi connectivity index (χ3n) is 0.781. The van der Waals surface area contributed by atoms with Gasteiger partial charge in [-0.3, -0.25) is 9.59 Å². The first-order valence-electron chi connectivity index (χ1n) is 2.56. The molecule has 0 aromatic heterocycles. The van der Waals surface area contributed by atoms with Crippen LogP contribution in [0.15, 0.2) is 0 Å². The third kappa shape index (κ3) is 10.6. The van der Waals surface area contributed by atoms with E-state index in [1.807, 2.05) is 0 Å². The molecule has 54 valence electrons. The molecule has 0 aromatic rings. The number of carboxylic acids is 2. The number of hydrogen-bond donors (Lipinski definition) is 2. The summed E-state index contributed by atoms with van der Waals surface area (Å²) in [6, 6.07) is 0. The van der Waals surface area contributed by atoms with Gasteiger partial charge in [0.25, 0.3) is 0 Å². The largest absolute Gasteiger partial charge is 0.481 e. The molecule has 0 spiro atoms. The van der Waals surface area contributed by atoms with E-state index in [2.05, 4.69) is 0 Å². The highest BCUT2D eigenvalue weighted by Crippen LogP contribution is 1.93. The molecule has 2 radical (unpaired) electrons. The smallest absolute Gasteiger partial charge is 0.303 e. The van der Waals surface area contributed by atoms with Gasteiger partial charge in [0.15, 0.2) is 0 Å². The molecule has 0 heterocycles. The average molecular weight is 156 g/mol. The van der Waals surface area contributed by atoms with Crippen molar-refractivity contribution in [3.8, 4) is 0 Å². The minimum atomic E-state index is -0.948. The van der Waals surface area contributed by atoms with Crippen molar-refractivity contribution >= 4 is 35.0 Å². The lowest BCUT2D eigenvalue weighted by Gasteiger charge is -1.89. The van der Waals surface area contributed by atoms with E-state index in [0.717, 1.165) is 0 Å². The van der Waals surface area contributed by atoms with E-state index in [4.69, 9.17) is 10.2 Å². The van der Waals surface area contributed by atoms with Gasteiger partial charge in [0, 0.05) is 35.9 Å². The third-order valence-corrected chi connectivity index (χ3v) is 0.781. The zero-order chi connectivity index (χ0) is 7.28. The van der Waals surface area contributed by atoms with Crippen LogP contribution in [0.1, 0.15) is 19.3 Å². The molecule has 0 aliphatic rings. The minimum absolute atomic E-state index is 0. The van der Waals surface area contributed by atoms with Crippen molar-refractivity contribution in [1.29, 1.82) is 0 Å². The molecule has 0 saturated carbocycles. The molecule has 0 aliphatic heterocycles. The van der Waals surface area contributed by atoms with Crippen LogP contribution >= 0.6 is 0 Å². The Labute approximate surface area is 74.4 Å². The zero-order valence-electron chi connectivity index (χ0n) is 5.54. The normalized spacial score (nSPS) is 8.00. The van der Waals surface area contributed by atoms with E-state index in [-0.39, 0.29) is 42.3 Å². The SMILES string of the molecule is O=C(O)CCCC(=O)O.[Mg]. The fourth-order valence-electron chi connectivity index (χ4n) is 0.391. The molecular formula is C5H8MgO4. The van der Waals surface area contributed by atoms with Crippen LogP contribution in [-0.4, -0.2) is 45.2 Å². The van der Waals surface area contributed by atoms with Gasteiger partial charge >= 0.3 is 11.9 Å². The van der Waals surface area contributed by atoms with Crippen molar-refractivity contribution in [2.24, 2.45) is 0 Å². The quantitative estimate of drug-likeness (QED) is 0.560. The lowest BCUT2D eigenvalue weighted by atomic mass is 10.2. The van der Waals surface area contributed by atoms with Gasteiger partial charge in [0.1, 0.15) is 0 Å². The van der Waals surface area contributed by atoms with Crippen molar-refractivity contribution < 1.29 is 19.8 Å². The van der Waals surface area contributed by atoms with Crippen LogP contribution in [0.2, 0.25) is 0 Å². The topological polar surface area (TPSA) is 74.6 Å². The van der Waals surface area contributed by atoms with Crippen LogP contribution in [0.25, 0.3) is 0 Å². The maximum Gasteiger partial charge on any atom is 0.303 e. The monoisotopic (exact) mass is 156 g/mol. The molecular weight excluding hydrogens is 148 g/mol. The van der Waals surface area contributed by atoms with E-state index < -0.39 is 11.9 Å². The number of carbonyl (C=O) groups is 2. The number of aliphatic carboxylic acids is 2. The Bertz CT molecular complexity index is 109. The van der Waals surface area contributed by atoms with Crippen molar-refractivity contribution in [2.45, 2.75) is 19.3 Å². The highest BCUT2D eigenvalue weighted by Gasteiger charge is 1.99. The summed E-state index contributed by atoms with van der Waals surface area (Å²) in [4.78, 5) is 19.6. The van der Waals surface area contributed by atoms with Crippen LogP contribution in [0.5, 0.6) is 0 Å². The fourth-order valence-corrected chi connectivity index (χ4v) is 0.391. The summed E-state index contributed by atoms with van der Waals surface area (Å²) in [5.74, 6) is -1.90. The van der Waals surface area contributed by atoms with Gasteiger partial charge < -0.3 is 10.2 Å². The first kappa shape index (κ1) is 12.4. The Hall–Kier alpha value is -0.294. The molecule has 0 atom stereocenters. The molecule has 0 saturated heterocycles. The van der Waals surface area contributed by atoms with Crippen molar-refractivity contribution in [3.63, 3.8) is 0 Å². The molecule has 0 amide bonds. The summed E-state index contributed by atoms with van der Waals surface area (Å²) in [7, 11) is 0. The van der Waals surface area contributed by atoms with E-state index >= 15 is 0 Å². The van der Waals surface area contributed by atoms with E-state index in [1.54, 1.807) is 0 Å². The van der Waals surface area contributed by atoms with Gasteiger partial charge in [-0.05, 0) is 6.42 Å². The highest BCUT2D eigenvalue weighted by molar-refractivity contribution is 5.75. The van der Waals surface area contributed by atoms with Crippen molar-refractivity contribution in [2.75, 3.05) is 0 Å². The first-order valence-corrected chi connectivity index (χ1v) is 2.56. The van der Waals surface area contributed by atoms with E-state index in [9.17, 15) is 9.59 Å². The number of hydrogen-bond acceptors (Lipinski definition) is 2. The van der Waals surface area contributed by atoms with Gasteiger partial charge in [-0.25, -0.2) is 0 Å². The summed E-state index contributed by atoms with van der Waals surface area (Å²) in [6.07, 6.45) is 0.0866. The van der Waals surface area contributed by atoms with Gasteiger partial charge in [-0.15, -0.1) is 0 Å².